The Labute approximate surface area is 121 Å². The third-order valence-electron chi connectivity index (χ3n) is 4.36. The van der Waals surface area contributed by atoms with Crippen molar-refractivity contribution in [1.82, 2.24) is 0 Å². The second-order valence-electron chi connectivity index (χ2n) is 5.61. The van der Waals surface area contributed by atoms with Gasteiger partial charge >= 0.3 is 0 Å². The molecular weight excluding hydrogens is 272 g/mol. The van der Waals surface area contributed by atoms with Crippen molar-refractivity contribution in [2.75, 3.05) is 30.3 Å². The summed E-state index contributed by atoms with van der Waals surface area (Å²) in [5.41, 5.74) is 6.92. The molecule has 112 valence electrons. The van der Waals surface area contributed by atoms with E-state index in [1.165, 1.54) is 0 Å². The maximum Gasteiger partial charge on any atom is 0.178 e. The largest absolute Gasteiger partial charge is 0.371 e. The lowest BCUT2D eigenvalue weighted by Crippen LogP contribution is -2.42. The minimum absolute atomic E-state index is 0.142. The van der Waals surface area contributed by atoms with Gasteiger partial charge in [-0.1, -0.05) is 13.8 Å². The molecule has 0 saturated carbocycles. The number of anilines is 1. The fourth-order valence-corrected chi connectivity index (χ4v) is 3.61. The Morgan fingerprint density at radius 2 is 1.95 bits per heavy atom. The normalized spacial score (nSPS) is 23.9. The average Bonchev–Trinajstić information content (AvgIpc) is 2.48. The standard InChI is InChI=1S/C15H24N2O2S/c1-3-20(18,19)15-6-4-14(5-7-15)17-9-8-12(2)13(10-16)11-17/h4-7,12-13H,3,8-11,16H2,1-2H3. The molecule has 0 bridgehead atoms. The molecule has 1 heterocycles. The van der Waals surface area contributed by atoms with Gasteiger partial charge in [0.15, 0.2) is 9.84 Å². The van der Waals surface area contributed by atoms with Crippen LogP contribution in [0, 0.1) is 11.8 Å². The van der Waals surface area contributed by atoms with Gasteiger partial charge in [0.25, 0.3) is 0 Å². The number of sulfone groups is 1. The van der Waals surface area contributed by atoms with E-state index in [4.69, 9.17) is 5.73 Å². The Balaban J connectivity index is 2.15. The molecule has 5 heteroatoms. The molecule has 2 unspecified atom stereocenters. The molecule has 0 aliphatic carbocycles. The van der Waals surface area contributed by atoms with Crippen molar-refractivity contribution in [1.29, 1.82) is 0 Å². The second kappa shape index (κ2) is 6.14. The Morgan fingerprint density at radius 3 is 2.50 bits per heavy atom. The molecule has 1 saturated heterocycles. The summed E-state index contributed by atoms with van der Waals surface area (Å²) in [7, 11) is -3.11. The van der Waals surface area contributed by atoms with Crippen molar-refractivity contribution >= 4 is 15.5 Å². The number of benzene rings is 1. The van der Waals surface area contributed by atoms with Gasteiger partial charge in [-0.2, -0.15) is 0 Å². The summed E-state index contributed by atoms with van der Waals surface area (Å²) in [6.45, 7) is 6.60. The fourth-order valence-electron chi connectivity index (χ4n) is 2.72. The van der Waals surface area contributed by atoms with Crippen molar-refractivity contribution < 1.29 is 8.42 Å². The number of rotatable bonds is 4. The van der Waals surface area contributed by atoms with Gasteiger partial charge in [-0.25, -0.2) is 8.42 Å². The van der Waals surface area contributed by atoms with Crippen molar-refractivity contribution in [2.45, 2.75) is 25.2 Å². The van der Waals surface area contributed by atoms with E-state index in [-0.39, 0.29) is 5.75 Å². The van der Waals surface area contributed by atoms with E-state index in [1.54, 1.807) is 19.1 Å². The lowest BCUT2D eigenvalue weighted by molar-refractivity contribution is 0.308. The van der Waals surface area contributed by atoms with Crippen LogP contribution in [0.25, 0.3) is 0 Å². The topological polar surface area (TPSA) is 63.4 Å². The van der Waals surface area contributed by atoms with Crippen LogP contribution in [0.2, 0.25) is 0 Å². The maximum atomic E-state index is 11.8. The van der Waals surface area contributed by atoms with Gasteiger partial charge in [-0.3, -0.25) is 0 Å². The SMILES string of the molecule is CCS(=O)(=O)c1ccc(N2CCC(C)C(CN)C2)cc1. The third kappa shape index (κ3) is 3.15. The quantitative estimate of drug-likeness (QED) is 0.922. The lowest BCUT2D eigenvalue weighted by atomic mass is 9.87. The van der Waals surface area contributed by atoms with Crippen LogP contribution < -0.4 is 10.6 Å². The van der Waals surface area contributed by atoms with Gasteiger partial charge in [0.05, 0.1) is 10.6 Å². The lowest BCUT2D eigenvalue weighted by Gasteiger charge is -2.38. The first-order valence-corrected chi connectivity index (χ1v) is 8.91. The molecule has 2 atom stereocenters. The molecule has 1 aliphatic heterocycles. The Kier molecular flexibility index (Phi) is 4.70. The monoisotopic (exact) mass is 296 g/mol. The summed E-state index contributed by atoms with van der Waals surface area (Å²) in [6.07, 6.45) is 1.14. The third-order valence-corrected chi connectivity index (χ3v) is 6.11. The average molecular weight is 296 g/mol. The molecule has 0 radical (unpaired) electrons. The van der Waals surface area contributed by atoms with E-state index in [2.05, 4.69) is 11.8 Å². The Morgan fingerprint density at radius 1 is 1.30 bits per heavy atom. The van der Waals surface area contributed by atoms with Crippen LogP contribution in [-0.2, 0) is 9.84 Å². The van der Waals surface area contributed by atoms with Gasteiger partial charge in [-0.15, -0.1) is 0 Å². The second-order valence-corrected chi connectivity index (χ2v) is 7.88. The number of hydrogen-bond acceptors (Lipinski definition) is 4. The zero-order chi connectivity index (χ0) is 14.8. The summed E-state index contributed by atoms with van der Waals surface area (Å²) in [4.78, 5) is 2.71. The van der Waals surface area contributed by atoms with Crippen molar-refractivity contribution in [3.05, 3.63) is 24.3 Å². The Hall–Kier alpha value is -1.07. The highest BCUT2D eigenvalue weighted by Crippen LogP contribution is 2.27. The highest BCUT2D eigenvalue weighted by Gasteiger charge is 2.25. The highest BCUT2D eigenvalue weighted by molar-refractivity contribution is 7.91. The van der Waals surface area contributed by atoms with Crippen molar-refractivity contribution in [2.24, 2.45) is 17.6 Å². The number of nitrogens with two attached hydrogens (primary N) is 1. The van der Waals surface area contributed by atoms with Gasteiger partial charge in [0.2, 0.25) is 0 Å². The van der Waals surface area contributed by atoms with Crippen molar-refractivity contribution in [3.63, 3.8) is 0 Å². The predicted octanol–water partition coefficient (Wildman–Crippen LogP) is 1.90. The molecule has 0 aromatic heterocycles. The van der Waals surface area contributed by atoms with Gasteiger partial charge in [0.1, 0.15) is 0 Å². The number of nitrogens with zero attached hydrogens (tertiary/aromatic N) is 1. The molecule has 20 heavy (non-hydrogen) atoms. The Bertz CT molecular complexity index is 539. The first kappa shape index (κ1) is 15.3. The predicted molar refractivity (Wildman–Crippen MR) is 82.7 cm³/mol. The van der Waals surface area contributed by atoms with E-state index in [0.717, 1.165) is 25.2 Å². The number of piperidine rings is 1. The van der Waals surface area contributed by atoms with E-state index < -0.39 is 9.84 Å². The van der Waals surface area contributed by atoms with E-state index in [0.29, 0.717) is 23.3 Å². The van der Waals surface area contributed by atoms with Gasteiger partial charge in [0, 0.05) is 18.8 Å². The van der Waals surface area contributed by atoms with E-state index >= 15 is 0 Å². The molecular formula is C15H24N2O2S. The molecule has 0 spiro atoms. The smallest absolute Gasteiger partial charge is 0.178 e. The molecule has 1 aliphatic rings. The highest BCUT2D eigenvalue weighted by atomic mass is 32.2. The minimum Gasteiger partial charge on any atom is -0.371 e. The minimum atomic E-state index is -3.11. The molecule has 1 aromatic rings. The molecule has 2 N–H and O–H groups in total. The van der Waals surface area contributed by atoms with Crippen LogP contribution in [0.15, 0.2) is 29.2 Å². The first-order chi connectivity index (χ1) is 9.47. The summed E-state index contributed by atoms with van der Waals surface area (Å²) in [5.74, 6) is 1.32. The molecule has 1 fully saturated rings. The zero-order valence-electron chi connectivity index (χ0n) is 12.2. The van der Waals surface area contributed by atoms with Crippen LogP contribution in [0.4, 0.5) is 5.69 Å². The first-order valence-electron chi connectivity index (χ1n) is 7.25. The summed E-state index contributed by atoms with van der Waals surface area (Å²) >= 11 is 0. The van der Waals surface area contributed by atoms with E-state index in [1.807, 2.05) is 12.1 Å². The summed E-state index contributed by atoms with van der Waals surface area (Å²) < 4.78 is 23.6. The van der Waals surface area contributed by atoms with Crippen LogP contribution >= 0.6 is 0 Å². The fraction of sp³-hybridized carbons (Fsp3) is 0.600. The van der Waals surface area contributed by atoms with Gasteiger partial charge < -0.3 is 10.6 Å². The molecule has 1 aromatic carbocycles. The molecule has 4 nitrogen and oxygen atoms in total. The van der Waals surface area contributed by atoms with Crippen LogP contribution in [-0.4, -0.2) is 33.8 Å². The molecule has 2 rings (SSSR count). The summed E-state index contributed by atoms with van der Waals surface area (Å²) in [5, 5.41) is 0. The summed E-state index contributed by atoms with van der Waals surface area (Å²) in [6, 6.07) is 7.24. The van der Waals surface area contributed by atoms with Crippen LogP contribution in [0.3, 0.4) is 0 Å². The molecule has 0 amide bonds. The maximum absolute atomic E-state index is 11.8. The van der Waals surface area contributed by atoms with Crippen LogP contribution in [0.5, 0.6) is 0 Å². The van der Waals surface area contributed by atoms with Crippen LogP contribution in [0.1, 0.15) is 20.3 Å². The van der Waals surface area contributed by atoms with E-state index in [9.17, 15) is 8.42 Å². The number of hydrogen-bond donors (Lipinski definition) is 1. The van der Waals surface area contributed by atoms with Crippen molar-refractivity contribution in [3.8, 4) is 0 Å². The zero-order valence-corrected chi connectivity index (χ0v) is 13.1. The van der Waals surface area contributed by atoms with Gasteiger partial charge in [-0.05, 0) is 49.1 Å².